The van der Waals surface area contributed by atoms with Crippen molar-refractivity contribution < 1.29 is 9.53 Å². The second-order valence-corrected chi connectivity index (χ2v) is 4.25. The van der Waals surface area contributed by atoms with Gasteiger partial charge in [-0.25, -0.2) is 0 Å². The van der Waals surface area contributed by atoms with Gasteiger partial charge >= 0.3 is 0 Å². The average Bonchev–Trinajstić information content (AvgIpc) is 2.38. The van der Waals surface area contributed by atoms with Gasteiger partial charge in [0.2, 0.25) is 5.91 Å². The van der Waals surface area contributed by atoms with E-state index in [1.54, 1.807) is 0 Å². The summed E-state index contributed by atoms with van der Waals surface area (Å²) in [4.78, 5) is 11.5. The highest BCUT2D eigenvalue weighted by Gasteiger charge is 2.06. The van der Waals surface area contributed by atoms with Crippen LogP contribution in [0.25, 0.3) is 0 Å². The third kappa shape index (κ3) is 6.25. The molecule has 4 heteroatoms. The molecule has 0 radical (unpaired) electrons. The summed E-state index contributed by atoms with van der Waals surface area (Å²) in [5.41, 5.74) is 0. The van der Waals surface area contributed by atoms with Crippen LogP contribution in [0.5, 0.6) is 5.75 Å². The quantitative estimate of drug-likeness (QED) is 0.689. The monoisotopic (exact) mass is 250 g/mol. The van der Waals surface area contributed by atoms with Gasteiger partial charge in [-0.3, -0.25) is 4.79 Å². The van der Waals surface area contributed by atoms with Crippen LogP contribution in [0.4, 0.5) is 0 Å². The van der Waals surface area contributed by atoms with Crippen LogP contribution in [0.3, 0.4) is 0 Å². The predicted molar refractivity (Wildman–Crippen MR) is 72.7 cm³/mol. The van der Waals surface area contributed by atoms with Gasteiger partial charge < -0.3 is 15.4 Å². The van der Waals surface area contributed by atoms with Gasteiger partial charge in [0.1, 0.15) is 11.9 Å². The Bertz CT molecular complexity index is 341. The summed E-state index contributed by atoms with van der Waals surface area (Å²) in [5, 5.41) is 5.89. The van der Waals surface area contributed by atoms with E-state index in [0.717, 1.165) is 18.7 Å². The summed E-state index contributed by atoms with van der Waals surface area (Å²) in [6, 6.07) is 9.62. The van der Waals surface area contributed by atoms with Gasteiger partial charge in [0.25, 0.3) is 0 Å². The number of amides is 1. The van der Waals surface area contributed by atoms with Crippen molar-refractivity contribution in [1.82, 2.24) is 10.6 Å². The highest BCUT2D eigenvalue weighted by Crippen LogP contribution is 2.10. The van der Waals surface area contributed by atoms with Gasteiger partial charge in [0.05, 0.1) is 6.54 Å². The molecule has 0 aliphatic rings. The minimum Gasteiger partial charge on any atom is -0.489 e. The van der Waals surface area contributed by atoms with Gasteiger partial charge in [0, 0.05) is 6.42 Å². The molecule has 0 heterocycles. The molecule has 0 bridgehead atoms. The second-order valence-electron chi connectivity index (χ2n) is 4.25. The van der Waals surface area contributed by atoms with Gasteiger partial charge in [-0.2, -0.15) is 0 Å². The Labute approximate surface area is 109 Å². The number of carbonyl (C=O) groups is 1. The van der Waals surface area contributed by atoms with Gasteiger partial charge in [-0.15, -0.1) is 0 Å². The lowest BCUT2D eigenvalue weighted by Gasteiger charge is -2.15. The van der Waals surface area contributed by atoms with Crippen molar-refractivity contribution in [2.75, 3.05) is 20.1 Å². The second kappa shape index (κ2) is 8.53. The van der Waals surface area contributed by atoms with Crippen molar-refractivity contribution in [1.29, 1.82) is 0 Å². The van der Waals surface area contributed by atoms with E-state index in [1.807, 2.05) is 44.3 Å². The lowest BCUT2D eigenvalue weighted by Crippen LogP contribution is -2.33. The number of rotatable bonds is 8. The SMILES string of the molecule is CNCCCC(=O)NCC(C)Oc1ccccc1. The summed E-state index contributed by atoms with van der Waals surface area (Å²) in [7, 11) is 1.88. The van der Waals surface area contributed by atoms with E-state index in [9.17, 15) is 4.79 Å². The van der Waals surface area contributed by atoms with Crippen molar-refractivity contribution in [2.24, 2.45) is 0 Å². The number of carbonyl (C=O) groups excluding carboxylic acids is 1. The lowest BCUT2D eigenvalue weighted by atomic mass is 10.3. The molecule has 0 aliphatic carbocycles. The molecule has 100 valence electrons. The minimum absolute atomic E-state index is 0.0272. The smallest absolute Gasteiger partial charge is 0.220 e. The number of hydrogen-bond donors (Lipinski definition) is 2. The lowest BCUT2D eigenvalue weighted by molar-refractivity contribution is -0.121. The van der Waals surface area contributed by atoms with Crippen LogP contribution in [-0.2, 0) is 4.79 Å². The third-order valence-corrected chi connectivity index (χ3v) is 2.50. The highest BCUT2D eigenvalue weighted by atomic mass is 16.5. The zero-order valence-corrected chi connectivity index (χ0v) is 11.1. The molecule has 1 amide bonds. The first-order valence-electron chi connectivity index (χ1n) is 6.35. The van der Waals surface area contributed by atoms with E-state index in [-0.39, 0.29) is 12.0 Å². The molecule has 1 atom stereocenters. The molecule has 0 saturated heterocycles. The molecular weight excluding hydrogens is 228 g/mol. The summed E-state index contributed by atoms with van der Waals surface area (Å²) in [5.74, 6) is 0.906. The fourth-order valence-electron chi connectivity index (χ4n) is 1.54. The van der Waals surface area contributed by atoms with Gasteiger partial charge in [0.15, 0.2) is 0 Å². The molecule has 0 saturated carbocycles. The molecule has 4 nitrogen and oxygen atoms in total. The first kappa shape index (κ1) is 14.5. The van der Waals surface area contributed by atoms with Crippen LogP contribution < -0.4 is 15.4 Å². The first-order valence-corrected chi connectivity index (χ1v) is 6.35. The van der Waals surface area contributed by atoms with E-state index >= 15 is 0 Å². The third-order valence-electron chi connectivity index (χ3n) is 2.50. The number of nitrogens with one attached hydrogen (secondary N) is 2. The van der Waals surface area contributed by atoms with E-state index in [0.29, 0.717) is 13.0 Å². The Morgan fingerprint density at radius 3 is 2.72 bits per heavy atom. The van der Waals surface area contributed by atoms with Crippen LogP contribution >= 0.6 is 0 Å². The molecule has 0 spiro atoms. The van der Waals surface area contributed by atoms with Crippen LogP contribution in [0.2, 0.25) is 0 Å². The summed E-state index contributed by atoms with van der Waals surface area (Å²) >= 11 is 0. The van der Waals surface area contributed by atoms with Crippen molar-refractivity contribution in [3.8, 4) is 5.75 Å². The Balaban J connectivity index is 2.17. The average molecular weight is 250 g/mol. The summed E-state index contributed by atoms with van der Waals surface area (Å²) in [6.07, 6.45) is 1.38. The molecule has 0 fully saturated rings. The molecule has 2 N–H and O–H groups in total. The van der Waals surface area contributed by atoms with Crippen molar-refractivity contribution in [3.05, 3.63) is 30.3 Å². The van der Waals surface area contributed by atoms with Gasteiger partial charge in [-0.1, -0.05) is 18.2 Å². The van der Waals surface area contributed by atoms with Crippen molar-refractivity contribution in [2.45, 2.75) is 25.9 Å². The topological polar surface area (TPSA) is 50.4 Å². The Hall–Kier alpha value is -1.55. The van der Waals surface area contributed by atoms with Crippen LogP contribution in [0, 0.1) is 0 Å². The van der Waals surface area contributed by atoms with E-state index in [1.165, 1.54) is 0 Å². The molecular formula is C14H22N2O2. The number of para-hydroxylation sites is 1. The van der Waals surface area contributed by atoms with Crippen molar-refractivity contribution >= 4 is 5.91 Å². The maximum atomic E-state index is 11.5. The fraction of sp³-hybridized carbons (Fsp3) is 0.500. The Morgan fingerprint density at radius 1 is 1.33 bits per heavy atom. The van der Waals surface area contributed by atoms with Crippen LogP contribution in [0.1, 0.15) is 19.8 Å². The molecule has 1 aromatic carbocycles. The van der Waals surface area contributed by atoms with Crippen LogP contribution in [0.15, 0.2) is 30.3 Å². The molecule has 0 aliphatic heterocycles. The van der Waals surface area contributed by atoms with Crippen molar-refractivity contribution in [3.63, 3.8) is 0 Å². The minimum atomic E-state index is -0.0272. The molecule has 1 rings (SSSR count). The first-order chi connectivity index (χ1) is 8.72. The molecule has 1 aromatic rings. The van der Waals surface area contributed by atoms with Crippen LogP contribution in [-0.4, -0.2) is 32.1 Å². The molecule has 0 aromatic heterocycles. The summed E-state index contributed by atoms with van der Waals surface area (Å²) in [6.45, 7) is 3.34. The maximum absolute atomic E-state index is 11.5. The number of benzene rings is 1. The predicted octanol–water partition coefficient (Wildman–Crippen LogP) is 1.57. The fourth-order valence-corrected chi connectivity index (χ4v) is 1.54. The zero-order chi connectivity index (χ0) is 13.2. The summed E-state index contributed by atoms with van der Waals surface area (Å²) < 4.78 is 5.66. The van der Waals surface area contributed by atoms with E-state index in [4.69, 9.17) is 4.74 Å². The van der Waals surface area contributed by atoms with E-state index in [2.05, 4.69) is 10.6 Å². The Morgan fingerprint density at radius 2 is 2.06 bits per heavy atom. The normalized spacial score (nSPS) is 11.9. The number of ether oxygens (including phenoxy) is 1. The molecule has 18 heavy (non-hydrogen) atoms. The zero-order valence-electron chi connectivity index (χ0n) is 11.1. The van der Waals surface area contributed by atoms with E-state index < -0.39 is 0 Å². The maximum Gasteiger partial charge on any atom is 0.220 e. The number of hydrogen-bond acceptors (Lipinski definition) is 3. The Kier molecular flexibility index (Phi) is 6.87. The van der Waals surface area contributed by atoms with Gasteiger partial charge in [-0.05, 0) is 39.1 Å². The molecule has 1 unspecified atom stereocenters. The largest absolute Gasteiger partial charge is 0.489 e. The highest BCUT2D eigenvalue weighted by molar-refractivity contribution is 5.75. The standard InChI is InChI=1S/C14H22N2O2/c1-12(18-13-7-4-3-5-8-13)11-16-14(17)9-6-10-15-2/h3-5,7-8,12,15H,6,9-11H2,1-2H3,(H,16,17).